The highest BCUT2D eigenvalue weighted by atomic mass is 16.5. The third-order valence-corrected chi connectivity index (χ3v) is 5.22. The van der Waals surface area contributed by atoms with Crippen molar-refractivity contribution in [2.24, 2.45) is 0 Å². The van der Waals surface area contributed by atoms with E-state index in [-0.39, 0.29) is 5.97 Å². The van der Waals surface area contributed by atoms with Gasteiger partial charge in [0.1, 0.15) is 0 Å². The normalized spacial score (nSPS) is 11.3. The molecule has 0 aromatic rings. The monoisotopic (exact) mass is 380 g/mol. The zero-order valence-corrected chi connectivity index (χ0v) is 18.6. The number of allylic oxidation sites excluding steroid dienone is 1. The van der Waals surface area contributed by atoms with Gasteiger partial charge in [-0.25, -0.2) is 4.79 Å². The van der Waals surface area contributed by atoms with Crippen molar-refractivity contribution in [1.82, 2.24) is 0 Å². The van der Waals surface area contributed by atoms with Gasteiger partial charge in [-0.1, -0.05) is 129 Å². The van der Waals surface area contributed by atoms with Crippen LogP contribution in [0.2, 0.25) is 0 Å². The topological polar surface area (TPSA) is 26.3 Å². The third-order valence-electron chi connectivity index (χ3n) is 5.22. The molecule has 160 valence electrons. The lowest BCUT2D eigenvalue weighted by atomic mass is 10.0. The molecule has 0 fully saturated rings. The van der Waals surface area contributed by atoms with Gasteiger partial charge in [0.15, 0.2) is 0 Å². The maximum absolute atomic E-state index is 11.5. The standard InChI is InChI=1S/C25H48O2/c1-3-5-7-9-10-11-12-13-14-15-16-17-18-19-20-22-24-27-25(26)23-21-8-6-4-2/h21,23H,3-20,22,24H2,1-2H3. The van der Waals surface area contributed by atoms with Gasteiger partial charge in [0.25, 0.3) is 0 Å². The van der Waals surface area contributed by atoms with Crippen LogP contribution in [0.1, 0.15) is 136 Å². The molecule has 0 aliphatic carbocycles. The van der Waals surface area contributed by atoms with Gasteiger partial charge in [-0.2, -0.15) is 0 Å². The summed E-state index contributed by atoms with van der Waals surface area (Å²) in [5.74, 6) is -0.174. The predicted molar refractivity (Wildman–Crippen MR) is 119 cm³/mol. The summed E-state index contributed by atoms with van der Waals surface area (Å²) in [5.41, 5.74) is 0. The first kappa shape index (κ1) is 26.2. The van der Waals surface area contributed by atoms with Crippen LogP contribution in [0.3, 0.4) is 0 Å². The molecular weight excluding hydrogens is 332 g/mol. The molecule has 2 nitrogen and oxygen atoms in total. The van der Waals surface area contributed by atoms with E-state index in [4.69, 9.17) is 4.74 Å². The summed E-state index contributed by atoms with van der Waals surface area (Å²) < 4.78 is 5.22. The molecule has 2 heteroatoms. The van der Waals surface area contributed by atoms with E-state index in [2.05, 4.69) is 13.8 Å². The lowest BCUT2D eigenvalue weighted by Gasteiger charge is -2.04. The van der Waals surface area contributed by atoms with Gasteiger partial charge in [-0.05, 0) is 12.8 Å². The van der Waals surface area contributed by atoms with Crippen LogP contribution in [0.25, 0.3) is 0 Å². The van der Waals surface area contributed by atoms with Crippen molar-refractivity contribution >= 4 is 5.97 Å². The summed E-state index contributed by atoms with van der Waals surface area (Å²) in [4.78, 5) is 11.5. The van der Waals surface area contributed by atoms with E-state index in [0.717, 1.165) is 19.3 Å². The Hall–Kier alpha value is -0.790. The summed E-state index contributed by atoms with van der Waals surface area (Å²) in [6.07, 6.45) is 28.6. The van der Waals surface area contributed by atoms with Gasteiger partial charge in [0.2, 0.25) is 0 Å². The van der Waals surface area contributed by atoms with E-state index >= 15 is 0 Å². The summed E-state index contributed by atoms with van der Waals surface area (Å²) in [6, 6.07) is 0. The van der Waals surface area contributed by atoms with Crippen LogP contribution in [0, 0.1) is 0 Å². The largest absolute Gasteiger partial charge is 0.463 e. The zero-order valence-electron chi connectivity index (χ0n) is 18.6. The maximum Gasteiger partial charge on any atom is 0.330 e. The Balaban J connectivity index is 3.12. The van der Waals surface area contributed by atoms with E-state index in [1.54, 1.807) is 6.08 Å². The molecule has 0 saturated carbocycles. The van der Waals surface area contributed by atoms with Gasteiger partial charge < -0.3 is 4.74 Å². The Labute approximate surface area is 170 Å². The molecule has 0 aromatic carbocycles. The Morgan fingerprint density at radius 3 is 1.44 bits per heavy atom. The molecule has 0 N–H and O–H groups in total. The van der Waals surface area contributed by atoms with Crippen LogP contribution in [-0.2, 0) is 9.53 Å². The van der Waals surface area contributed by atoms with Crippen molar-refractivity contribution < 1.29 is 9.53 Å². The number of carbonyl (C=O) groups excluding carboxylic acids is 1. The van der Waals surface area contributed by atoms with E-state index in [0.29, 0.717) is 6.61 Å². The molecule has 0 atom stereocenters. The van der Waals surface area contributed by atoms with Crippen molar-refractivity contribution in [3.63, 3.8) is 0 Å². The summed E-state index contributed by atoms with van der Waals surface area (Å²) in [7, 11) is 0. The Bertz CT molecular complexity index is 322. The Kier molecular flexibility index (Phi) is 22.6. The van der Waals surface area contributed by atoms with Crippen LogP contribution >= 0.6 is 0 Å². The van der Waals surface area contributed by atoms with Gasteiger partial charge >= 0.3 is 5.97 Å². The average molecular weight is 381 g/mol. The maximum atomic E-state index is 11.5. The lowest BCUT2D eigenvalue weighted by Crippen LogP contribution is -2.02. The van der Waals surface area contributed by atoms with Crippen LogP contribution in [0.15, 0.2) is 12.2 Å². The first-order valence-electron chi connectivity index (χ1n) is 12.1. The highest BCUT2D eigenvalue weighted by molar-refractivity contribution is 5.81. The highest BCUT2D eigenvalue weighted by Crippen LogP contribution is 2.13. The van der Waals surface area contributed by atoms with E-state index in [9.17, 15) is 4.79 Å². The zero-order chi connectivity index (χ0) is 19.8. The minimum atomic E-state index is -0.174. The molecule has 0 bridgehead atoms. The van der Waals surface area contributed by atoms with E-state index in [1.165, 1.54) is 103 Å². The molecule has 0 aliphatic heterocycles. The summed E-state index contributed by atoms with van der Waals surface area (Å²) in [6.45, 7) is 5.02. The molecular formula is C25H48O2. The third kappa shape index (κ3) is 23.2. The molecule has 0 saturated heterocycles. The molecule has 0 unspecified atom stereocenters. The first-order chi connectivity index (χ1) is 13.3. The quantitative estimate of drug-likeness (QED) is 0.113. The fourth-order valence-electron chi connectivity index (χ4n) is 3.37. The molecule has 0 radical (unpaired) electrons. The number of hydrogen-bond acceptors (Lipinski definition) is 2. The SMILES string of the molecule is CCCCC=CC(=O)OCCCCCCCCCCCCCCCCCC. The van der Waals surface area contributed by atoms with Crippen molar-refractivity contribution in [3.05, 3.63) is 12.2 Å². The van der Waals surface area contributed by atoms with Crippen molar-refractivity contribution in [3.8, 4) is 0 Å². The van der Waals surface area contributed by atoms with Crippen molar-refractivity contribution in [1.29, 1.82) is 0 Å². The fourth-order valence-corrected chi connectivity index (χ4v) is 3.37. The second-order valence-corrected chi connectivity index (χ2v) is 8.02. The van der Waals surface area contributed by atoms with E-state index < -0.39 is 0 Å². The Morgan fingerprint density at radius 2 is 1.00 bits per heavy atom. The number of rotatable bonds is 21. The number of unbranched alkanes of at least 4 members (excludes halogenated alkanes) is 17. The molecule has 0 spiro atoms. The number of carbonyl (C=O) groups is 1. The summed E-state index contributed by atoms with van der Waals surface area (Å²) >= 11 is 0. The van der Waals surface area contributed by atoms with E-state index in [1.807, 2.05) is 6.08 Å². The average Bonchev–Trinajstić information content (AvgIpc) is 2.67. The van der Waals surface area contributed by atoms with Crippen LogP contribution in [-0.4, -0.2) is 12.6 Å². The minimum absolute atomic E-state index is 0.174. The molecule has 0 aromatic heterocycles. The highest BCUT2D eigenvalue weighted by Gasteiger charge is 1.97. The summed E-state index contributed by atoms with van der Waals surface area (Å²) in [5, 5.41) is 0. The van der Waals surface area contributed by atoms with Gasteiger partial charge in [-0.15, -0.1) is 0 Å². The molecule has 0 heterocycles. The predicted octanol–water partition coefficient (Wildman–Crippen LogP) is 8.54. The first-order valence-corrected chi connectivity index (χ1v) is 12.1. The second kappa shape index (κ2) is 23.2. The minimum Gasteiger partial charge on any atom is -0.463 e. The van der Waals surface area contributed by atoms with Crippen molar-refractivity contribution in [2.45, 2.75) is 136 Å². The molecule has 0 aliphatic rings. The molecule has 27 heavy (non-hydrogen) atoms. The van der Waals surface area contributed by atoms with Crippen LogP contribution in [0.4, 0.5) is 0 Å². The lowest BCUT2D eigenvalue weighted by molar-refractivity contribution is -0.137. The van der Waals surface area contributed by atoms with Gasteiger partial charge in [-0.3, -0.25) is 0 Å². The second-order valence-electron chi connectivity index (χ2n) is 8.02. The number of esters is 1. The van der Waals surface area contributed by atoms with Crippen LogP contribution < -0.4 is 0 Å². The van der Waals surface area contributed by atoms with Gasteiger partial charge in [0.05, 0.1) is 6.61 Å². The Morgan fingerprint density at radius 1 is 0.593 bits per heavy atom. The molecule has 0 rings (SSSR count). The smallest absolute Gasteiger partial charge is 0.330 e. The number of hydrogen-bond donors (Lipinski definition) is 0. The van der Waals surface area contributed by atoms with Crippen molar-refractivity contribution in [2.75, 3.05) is 6.61 Å². The van der Waals surface area contributed by atoms with Gasteiger partial charge in [0, 0.05) is 6.08 Å². The fraction of sp³-hybridized carbons (Fsp3) is 0.880. The number of ether oxygens (including phenoxy) is 1. The van der Waals surface area contributed by atoms with Crippen LogP contribution in [0.5, 0.6) is 0 Å². The molecule has 0 amide bonds.